The summed E-state index contributed by atoms with van der Waals surface area (Å²) in [5, 5.41) is 0. The molecule has 3 rings (SSSR count). The summed E-state index contributed by atoms with van der Waals surface area (Å²) in [6, 6.07) is 11.7. The zero-order valence-electron chi connectivity index (χ0n) is 13.1. The van der Waals surface area contributed by atoms with Crippen LogP contribution in [0.1, 0.15) is 28.4 Å². The Morgan fingerprint density at radius 3 is 2.74 bits per heavy atom. The summed E-state index contributed by atoms with van der Waals surface area (Å²) < 4.78 is 12.0. The Kier molecular flexibility index (Phi) is 4.71. The molecule has 0 unspecified atom stereocenters. The third kappa shape index (κ3) is 3.13. The Hall–Kier alpha value is -1.82. The van der Waals surface area contributed by atoms with Gasteiger partial charge in [0.2, 0.25) is 0 Å². The molecule has 1 aliphatic rings. The molecule has 0 radical (unpaired) electrons. The topological polar surface area (TPSA) is 35.5 Å². The average Bonchev–Trinajstić information content (AvgIpc) is 2.86. The second-order valence-corrected chi connectivity index (χ2v) is 6.46. The lowest BCUT2D eigenvalue weighted by Gasteiger charge is -2.12. The number of Topliss-reactive ketones (excluding diaryl/α,β-unsaturated/α-hetero) is 1. The molecule has 0 saturated carbocycles. The third-order valence-electron chi connectivity index (χ3n) is 3.82. The van der Waals surface area contributed by atoms with E-state index < -0.39 is 0 Å². The van der Waals surface area contributed by atoms with Crippen molar-refractivity contribution in [2.24, 2.45) is 0 Å². The van der Waals surface area contributed by atoms with E-state index in [1.807, 2.05) is 49.4 Å². The lowest BCUT2D eigenvalue weighted by molar-refractivity contribution is 0.104. The maximum atomic E-state index is 12.5. The summed E-state index contributed by atoms with van der Waals surface area (Å²) in [6.07, 6.45) is 2.63. The van der Waals surface area contributed by atoms with Crippen molar-refractivity contribution < 1.29 is 14.3 Å². The normalized spacial score (nSPS) is 14.9. The van der Waals surface area contributed by atoms with Crippen molar-refractivity contribution in [1.82, 2.24) is 0 Å². The quantitative estimate of drug-likeness (QED) is 0.539. The molecule has 0 amide bonds. The van der Waals surface area contributed by atoms with Gasteiger partial charge in [0.25, 0.3) is 0 Å². The number of benzene rings is 2. The van der Waals surface area contributed by atoms with Crippen LogP contribution in [-0.2, 0) is 6.42 Å². The summed E-state index contributed by atoms with van der Waals surface area (Å²) in [4.78, 5) is 12.5. The highest BCUT2D eigenvalue weighted by molar-refractivity contribution is 14.1. The highest BCUT2D eigenvalue weighted by Gasteiger charge is 2.24. The molecular weight excluding hydrogens is 403 g/mol. The molecule has 4 heteroatoms. The first kappa shape index (κ1) is 16.1. The summed E-state index contributed by atoms with van der Waals surface area (Å²) in [5.41, 5.74) is 3.67. The molecule has 23 heavy (non-hydrogen) atoms. The summed E-state index contributed by atoms with van der Waals surface area (Å²) in [5.74, 6) is 1.55. The molecule has 3 nitrogen and oxygen atoms in total. The Morgan fingerprint density at radius 1 is 1.26 bits per heavy atom. The minimum Gasteiger partial charge on any atom is -0.493 e. The van der Waals surface area contributed by atoms with E-state index in [0.29, 0.717) is 18.8 Å². The SMILES string of the molecule is CCOc1c(I)cc(/C=C2\Cc3ccccc3C2=O)cc1OC. The number of hydrogen-bond donors (Lipinski definition) is 0. The summed E-state index contributed by atoms with van der Waals surface area (Å²) >= 11 is 2.23. The average molecular weight is 420 g/mol. The Balaban J connectivity index is 1.98. The molecule has 0 aromatic heterocycles. The van der Waals surface area contributed by atoms with Crippen LogP contribution in [0.5, 0.6) is 11.5 Å². The van der Waals surface area contributed by atoms with Crippen LogP contribution in [0.15, 0.2) is 42.0 Å². The largest absolute Gasteiger partial charge is 0.493 e. The fraction of sp³-hybridized carbons (Fsp3) is 0.211. The Labute approximate surface area is 149 Å². The number of fused-ring (bicyclic) bond motifs is 1. The van der Waals surface area contributed by atoms with Crippen LogP contribution in [0.25, 0.3) is 6.08 Å². The van der Waals surface area contributed by atoms with E-state index in [2.05, 4.69) is 22.6 Å². The van der Waals surface area contributed by atoms with E-state index in [1.165, 1.54) is 0 Å². The summed E-state index contributed by atoms with van der Waals surface area (Å²) in [6.45, 7) is 2.53. The molecule has 0 bridgehead atoms. The highest BCUT2D eigenvalue weighted by atomic mass is 127. The van der Waals surface area contributed by atoms with E-state index in [0.717, 1.165) is 31.6 Å². The number of rotatable bonds is 4. The van der Waals surface area contributed by atoms with Gasteiger partial charge in [-0.2, -0.15) is 0 Å². The zero-order valence-corrected chi connectivity index (χ0v) is 15.2. The molecule has 0 spiro atoms. The smallest absolute Gasteiger partial charge is 0.189 e. The molecule has 0 saturated heterocycles. The van der Waals surface area contributed by atoms with Gasteiger partial charge in [0.1, 0.15) is 0 Å². The molecule has 2 aromatic rings. The Bertz CT molecular complexity index is 793. The molecule has 0 atom stereocenters. The van der Waals surface area contributed by atoms with Gasteiger partial charge in [-0.1, -0.05) is 24.3 Å². The van der Waals surface area contributed by atoms with Gasteiger partial charge in [-0.25, -0.2) is 0 Å². The van der Waals surface area contributed by atoms with Gasteiger partial charge in [0, 0.05) is 17.6 Å². The lowest BCUT2D eigenvalue weighted by atomic mass is 10.1. The van der Waals surface area contributed by atoms with E-state index in [9.17, 15) is 4.79 Å². The van der Waals surface area contributed by atoms with E-state index in [1.54, 1.807) is 7.11 Å². The number of hydrogen-bond acceptors (Lipinski definition) is 3. The fourth-order valence-electron chi connectivity index (χ4n) is 2.78. The maximum Gasteiger partial charge on any atom is 0.189 e. The van der Waals surface area contributed by atoms with Gasteiger partial charge in [0.15, 0.2) is 17.3 Å². The zero-order chi connectivity index (χ0) is 16.4. The first-order valence-electron chi connectivity index (χ1n) is 7.47. The number of methoxy groups -OCH3 is 1. The van der Waals surface area contributed by atoms with Crippen molar-refractivity contribution in [2.75, 3.05) is 13.7 Å². The van der Waals surface area contributed by atoms with Gasteiger partial charge in [-0.05, 0) is 58.9 Å². The first-order chi connectivity index (χ1) is 11.1. The number of carbonyl (C=O) groups excluding carboxylic acids is 1. The predicted octanol–water partition coefficient (Wildman–Crippen LogP) is 4.52. The maximum absolute atomic E-state index is 12.5. The van der Waals surface area contributed by atoms with Crippen molar-refractivity contribution in [1.29, 1.82) is 0 Å². The number of ketones is 1. The van der Waals surface area contributed by atoms with Crippen LogP contribution < -0.4 is 9.47 Å². The molecule has 2 aromatic carbocycles. The number of allylic oxidation sites excluding steroid dienone is 1. The molecule has 0 aliphatic heterocycles. The molecule has 0 heterocycles. The van der Waals surface area contributed by atoms with E-state index in [-0.39, 0.29) is 5.78 Å². The van der Waals surface area contributed by atoms with Crippen LogP contribution in [-0.4, -0.2) is 19.5 Å². The highest BCUT2D eigenvalue weighted by Crippen LogP contribution is 2.35. The molecule has 1 aliphatic carbocycles. The summed E-state index contributed by atoms with van der Waals surface area (Å²) in [7, 11) is 1.63. The number of halogens is 1. The molecule has 0 N–H and O–H groups in total. The van der Waals surface area contributed by atoms with Crippen molar-refractivity contribution in [3.05, 3.63) is 62.2 Å². The Morgan fingerprint density at radius 2 is 2.04 bits per heavy atom. The van der Waals surface area contributed by atoms with Crippen molar-refractivity contribution >= 4 is 34.5 Å². The minimum atomic E-state index is 0.114. The molecule has 0 fully saturated rings. The van der Waals surface area contributed by atoms with Crippen LogP contribution >= 0.6 is 22.6 Å². The van der Waals surface area contributed by atoms with Crippen molar-refractivity contribution in [3.8, 4) is 11.5 Å². The van der Waals surface area contributed by atoms with Gasteiger partial charge in [-0.3, -0.25) is 4.79 Å². The van der Waals surface area contributed by atoms with E-state index >= 15 is 0 Å². The first-order valence-corrected chi connectivity index (χ1v) is 8.55. The van der Waals surface area contributed by atoms with Crippen LogP contribution in [0, 0.1) is 3.57 Å². The number of ether oxygens (including phenoxy) is 2. The van der Waals surface area contributed by atoms with Gasteiger partial charge >= 0.3 is 0 Å². The third-order valence-corrected chi connectivity index (χ3v) is 4.62. The molecule has 118 valence electrons. The monoisotopic (exact) mass is 420 g/mol. The van der Waals surface area contributed by atoms with Crippen molar-refractivity contribution in [3.63, 3.8) is 0 Å². The van der Waals surface area contributed by atoms with Crippen LogP contribution in [0.3, 0.4) is 0 Å². The second-order valence-electron chi connectivity index (χ2n) is 5.30. The fourth-order valence-corrected chi connectivity index (χ4v) is 3.56. The van der Waals surface area contributed by atoms with Gasteiger partial charge in [-0.15, -0.1) is 0 Å². The lowest BCUT2D eigenvalue weighted by Crippen LogP contribution is -1.99. The van der Waals surface area contributed by atoms with Crippen LogP contribution in [0.4, 0.5) is 0 Å². The number of carbonyl (C=O) groups is 1. The van der Waals surface area contributed by atoms with Gasteiger partial charge in [0.05, 0.1) is 17.3 Å². The van der Waals surface area contributed by atoms with Crippen LogP contribution in [0.2, 0.25) is 0 Å². The second kappa shape index (κ2) is 6.74. The van der Waals surface area contributed by atoms with E-state index in [4.69, 9.17) is 9.47 Å². The molecular formula is C19H17IO3. The predicted molar refractivity (Wildman–Crippen MR) is 99.3 cm³/mol. The standard InChI is InChI=1S/C19H17IO3/c1-3-23-19-16(20)9-12(10-17(19)22-2)8-14-11-13-6-4-5-7-15(13)18(14)21/h4-10H,3,11H2,1-2H3/b14-8+. The van der Waals surface area contributed by atoms with Gasteiger partial charge < -0.3 is 9.47 Å². The van der Waals surface area contributed by atoms with Crippen molar-refractivity contribution in [2.45, 2.75) is 13.3 Å². The minimum absolute atomic E-state index is 0.114.